The van der Waals surface area contributed by atoms with E-state index < -0.39 is 33.1 Å². The van der Waals surface area contributed by atoms with Crippen LogP contribution in [0.25, 0.3) is 5.69 Å². The molecule has 0 aliphatic rings. The van der Waals surface area contributed by atoms with Gasteiger partial charge in [0.25, 0.3) is 21.6 Å². The van der Waals surface area contributed by atoms with Gasteiger partial charge in [0, 0.05) is 23.0 Å². The fourth-order valence-corrected chi connectivity index (χ4v) is 5.79. The number of para-hydroxylation sites is 3. The Morgan fingerprint density at radius 3 is 2.38 bits per heavy atom. The molecule has 0 unspecified atom stereocenters. The molecule has 3 aromatic carbocycles. The summed E-state index contributed by atoms with van der Waals surface area (Å²) in [6.45, 7) is 3.05. The van der Waals surface area contributed by atoms with E-state index in [-0.39, 0.29) is 10.6 Å². The summed E-state index contributed by atoms with van der Waals surface area (Å²) in [7, 11) is -4.33. The predicted molar refractivity (Wildman–Crippen MR) is 150 cm³/mol. The number of halogens is 1. The normalized spacial score (nSPS) is 11.5. The molecule has 39 heavy (non-hydrogen) atoms. The van der Waals surface area contributed by atoms with Crippen molar-refractivity contribution in [3.63, 3.8) is 0 Å². The Kier molecular flexibility index (Phi) is 8.12. The van der Waals surface area contributed by atoms with Crippen LogP contribution in [0.3, 0.4) is 0 Å². The van der Waals surface area contributed by atoms with Gasteiger partial charge in [-0.3, -0.25) is 14.9 Å². The number of nitrogens with one attached hydrogen (secondary N) is 1. The van der Waals surface area contributed by atoms with Gasteiger partial charge in [-0.15, -0.1) is 0 Å². The Morgan fingerprint density at radius 1 is 1.05 bits per heavy atom. The van der Waals surface area contributed by atoms with Crippen LogP contribution in [0.2, 0.25) is 5.02 Å². The fourth-order valence-electron chi connectivity index (χ4n) is 4.11. The summed E-state index contributed by atoms with van der Waals surface area (Å²) in [6.07, 6.45) is 1.44. The lowest BCUT2D eigenvalue weighted by Gasteiger charge is -2.23. The maximum Gasteiger partial charge on any atom is 0.293 e. The number of hydrazone groups is 1. The standard InChI is InChI=1S/C27H24ClN5O5S/c1-19-16-21(20(2)32(19)24-13-7-6-12-23(24)28)17-29-30-27(34)18-31(25-14-8-9-15-26(25)33(35)36)39(37,38)22-10-4-3-5-11-22/h3-17H,18H2,1-2H3,(H,30,34)/b29-17+. The van der Waals surface area contributed by atoms with Crippen LogP contribution in [0.1, 0.15) is 17.0 Å². The maximum atomic E-state index is 13.5. The molecule has 1 N–H and O–H groups in total. The van der Waals surface area contributed by atoms with Gasteiger partial charge in [-0.05, 0) is 50.2 Å². The Labute approximate surface area is 230 Å². The first-order chi connectivity index (χ1) is 18.6. The third-order valence-corrected chi connectivity index (χ3v) is 8.02. The van der Waals surface area contributed by atoms with Crippen molar-refractivity contribution in [2.75, 3.05) is 10.8 Å². The second kappa shape index (κ2) is 11.5. The quantitative estimate of drug-likeness (QED) is 0.173. The third-order valence-electron chi connectivity index (χ3n) is 5.92. The number of hydrogen-bond acceptors (Lipinski definition) is 6. The molecular formula is C27H24ClN5O5S. The SMILES string of the molecule is Cc1cc(/C=N/NC(=O)CN(c2ccccc2[N+](=O)[O-])S(=O)(=O)c2ccccc2)c(C)n1-c1ccccc1Cl. The van der Waals surface area contributed by atoms with Crippen LogP contribution in [0, 0.1) is 24.0 Å². The molecule has 0 bridgehead atoms. The number of hydrogen-bond donors (Lipinski definition) is 1. The van der Waals surface area contributed by atoms with Crippen molar-refractivity contribution in [2.24, 2.45) is 5.10 Å². The van der Waals surface area contributed by atoms with Crippen LogP contribution in [-0.4, -0.2) is 36.6 Å². The summed E-state index contributed by atoms with van der Waals surface area (Å²) >= 11 is 6.36. The van der Waals surface area contributed by atoms with E-state index in [1.54, 1.807) is 12.1 Å². The summed E-state index contributed by atoms with van der Waals surface area (Å²) in [5.74, 6) is -0.788. The maximum absolute atomic E-state index is 13.5. The van der Waals surface area contributed by atoms with Crippen molar-refractivity contribution < 1.29 is 18.1 Å². The monoisotopic (exact) mass is 565 g/mol. The van der Waals surface area contributed by atoms with Crippen molar-refractivity contribution in [2.45, 2.75) is 18.7 Å². The summed E-state index contributed by atoms with van der Waals surface area (Å²) < 4.78 is 29.6. The largest absolute Gasteiger partial charge is 0.316 e. The molecule has 0 radical (unpaired) electrons. The lowest BCUT2D eigenvalue weighted by atomic mass is 10.2. The van der Waals surface area contributed by atoms with Crippen LogP contribution >= 0.6 is 11.6 Å². The molecule has 0 spiro atoms. The summed E-state index contributed by atoms with van der Waals surface area (Å²) in [6, 6.07) is 22.0. The minimum Gasteiger partial charge on any atom is -0.316 e. The highest BCUT2D eigenvalue weighted by Crippen LogP contribution is 2.32. The van der Waals surface area contributed by atoms with Gasteiger partial charge in [0.05, 0.1) is 26.7 Å². The van der Waals surface area contributed by atoms with Crippen molar-refractivity contribution in [1.82, 2.24) is 9.99 Å². The zero-order valence-electron chi connectivity index (χ0n) is 21.0. The average molecular weight is 566 g/mol. The van der Waals surface area contributed by atoms with Gasteiger partial charge < -0.3 is 4.57 Å². The molecule has 0 fully saturated rings. The molecule has 4 aromatic rings. The predicted octanol–water partition coefficient (Wildman–Crippen LogP) is 5.00. The van der Waals surface area contributed by atoms with Gasteiger partial charge in [-0.25, -0.2) is 18.1 Å². The first kappa shape index (κ1) is 27.6. The minimum atomic E-state index is -4.33. The number of nitro benzene ring substituents is 1. The van der Waals surface area contributed by atoms with E-state index in [1.165, 1.54) is 54.7 Å². The number of benzene rings is 3. The van der Waals surface area contributed by atoms with Gasteiger partial charge in [0.1, 0.15) is 12.2 Å². The van der Waals surface area contributed by atoms with E-state index >= 15 is 0 Å². The number of aryl methyl sites for hydroxylation is 1. The van der Waals surface area contributed by atoms with Crippen molar-refractivity contribution >= 4 is 45.1 Å². The van der Waals surface area contributed by atoms with Crippen LogP contribution in [0.5, 0.6) is 0 Å². The van der Waals surface area contributed by atoms with E-state index in [4.69, 9.17) is 11.6 Å². The average Bonchev–Trinajstić information content (AvgIpc) is 3.20. The number of nitrogens with zero attached hydrogens (tertiary/aromatic N) is 4. The third kappa shape index (κ3) is 5.84. The Hall–Kier alpha value is -4.48. The summed E-state index contributed by atoms with van der Waals surface area (Å²) in [5, 5.41) is 16.2. The molecule has 200 valence electrons. The molecule has 10 nitrogen and oxygen atoms in total. The second-order valence-electron chi connectivity index (χ2n) is 8.48. The Balaban J connectivity index is 1.60. The second-order valence-corrected chi connectivity index (χ2v) is 10.7. The molecule has 1 aromatic heterocycles. The molecule has 1 heterocycles. The van der Waals surface area contributed by atoms with Gasteiger partial charge >= 0.3 is 0 Å². The highest BCUT2D eigenvalue weighted by atomic mass is 35.5. The number of nitro groups is 1. The number of sulfonamides is 1. The molecular weight excluding hydrogens is 542 g/mol. The van der Waals surface area contributed by atoms with Crippen LogP contribution in [0.15, 0.2) is 94.9 Å². The van der Waals surface area contributed by atoms with E-state index in [0.717, 1.165) is 17.1 Å². The molecule has 0 aliphatic carbocycles. The van der Waals surface area contributed by atoms with Crippen LogP contribution < -0.4 is 9.73 Å². The lowest BCUT2D eigenvalue weighted by molar-refractivity contribution is -0.384. The van der Waals surface area contributed by atoms with Crippen LogP contribution in [-0.2, 0) is 14.8 Å². The summed E-state index contributed by atoms with van der Waals surface area (Å²) in [4.78, 5) is 23.7. The molecule has 12 heteroatoms. The first-order valence-corrected chi connectivity index (χ1v) is 13.5. The molecule has 1 amide bonds. The molecule has 0 aliphatic heterocycles. The Morgan fingerprint density at radius 2 is 1.69 bits per heavy atom. The number of aromatic nitrogens is 1. The van der Waals surface area contributed by atoms with Gasteiger partial charge in [0.15, 0.2) is 0 Å². The molecule has 0 saturated heterocycles. The van der Waals surface area contributed by atoms with Gasteiger partial charge in [-0.1, -0.05) is 54.1 Å². The van der Waals surface area contributed by atoms with Crippen molar-refractivity contribution in [3.8, 4) is 5.69 Å². The zero-order valence-corrected chi connectivity index (χ0v) is 22.6. The number of rotatable bonds is 9. The lowest BCUT2D eigenvalue weighted by Crippen LogP contribution is -2.39. The Bertz CT molecular complexity index is 1670. The van der Waals surface area contributed by atoms with Crippen molar-refractivity contribution in [1.29, 1.82) is 0 Å². The van der Waals surface area contributed by atoms with E-state index in [1.807, 2.05) is 42.7 Å². The van der Waals surface area contributed by atoms with Crippen LogP contribution in [0.4, 0.5) is 11.4 Å². The molecule has 4 rings (SSSR count). The number of amides is 1. The number of carbonyl (C=O) groups is 1. The fraction of sp³-hybridized carbons (Fsp3) is 0.111. The van der Waals surface area contributed by atoms with E-state index in [2.05, 4.69) is 10.5 Å². The van der Waals surface area contributed by atoms with E-state index in [9.17, 15) is 23.3 Å². The molecule has 0 atom stereocenters. The first-order valence-electron chi connectivity index (χ1n) is 11.7. The minimum absolute atomic E-state index is 0.119. The highest BCUT2D eigenvalue weighted by molar-refractivity contribution is 7.92. The van der Waals surface area contributed by atoms with E-state index in [0.29, 0.717) is 14.9 Å². The zero-order chi connectivity index (χ0) is 28.2. The van der Waals surface area contributed by atoms with Crippen molar-refractivity contribution in [3.05, 3.63) is 117 Å². The van der Waals surface area contributed by atoms with Gasteiger partial charge in [0.2, 0.25) is 0 Å². The van der Waals surface area contributed by atoms with Gasteiger partial charge in [-0.2, -0.15) is 5.10 Å². The molecule has 0 saturated carbocycles. The topological polar surface area (TPSA) is 127 Å². The number of carbonyl (C=O) groups excluding carboxylic acids is 1. The smallest absolute Gasteiger partial charge is 0.293 e. The summed E-state index contributed by atoms with van der Waals surface area (Å²) in [5.41, 5.74) is 4.85. The highest BCUT2D eigenvalue weighted by Gasteiger charge is 2.31. The number of anilines is 1.